The fourth-order valence-corrected chi connectivity index (χ4v) is 2.76. The standard InChI is InChI=1S/C16H15ClN5O4/c1-26-13-5-4-10(8-11(13)17)15(23)19-14-12(22(24)25)9-18-16(20-14)21-6-2-3-7-21/h4-6,8-9H,2-3,7H2,1H3,(H,18,19,20,23). The first-order valence-electron chi connectivity index (χ1n) is 7.76. The number of nitrogens with one attached hydrogen (secondary N) is 1. The second kappa shape index (κ2) is 7.52. The minimum atomic E-state index is -0.645. The highest BCUT2D eigenvalue weighted by molar-refractivity contribution is 6.32. The van der Waals surface area contributed by atoms with Crippen molar-refractivity contribution >= 4 is 35.0 Å². The van der Waals surface area contributed by atoms with Crippen molar-refractivity contribution < 1.29 is 14.5 Å². The first-order chi connectivity index (χ1) is 12.5. The molecule has 1 aliphatic heterocycles. The summed E-state index contributed by atoms with van der Waals surface area (Å²) in [5.74, 6) is -0.0239. The highest BCUT2D eigenvalue weighted by Gasteiger charge is 2.23. The molecule has 0 saturated carbocycles. The summed E-state index contributed by atoms with van der Waals surface area (Å²) < 4.78 is 5.04. The van der Waals surface area contributed by atoms with Gasteiger partial charge in [0.1, 0.15) is 11.9 Å². The van der Waals surface area contributed by atoms with Crippen molar-refractivity contribution in [3.8, 4) is 5.75 Å². The van der Waals surface area contributed by atoms with Crippen LogP contribution in [-0.4, -0.2) is 34.5 Å². The summed E-state index contributed by atoms with van der Waals surface area (Å²) >= 11 is 6.02. The van der Waals surface area contributed by atoms with Gasteiger partial charge in [-0.05, 0) is 31.0 Å². The van der Waals surface area contributed by atoms with Gasteiger partial charge in [0.2, 0.25) is 11.8 Å². The Morgan fingerprint density at radius 2 is 2.27 bits per heavy atom. The first kappa shape index (κ1) is 17.9. The molecule has 26 heavy (non-hydrogen) atoms. The number of anilines is 2. The lowest BCUT2D eigenvalue weighted by atomic mass is 10.2. The van der Waals surface area contributed by atoms with Crippen molar-refractivity contribution in [1.82, 2.24) is 9.97 Å². The Labute approximate surface area is 154 Å². The summed E-state index contributed by atoms with van der Waals surface area (Å²) in [6.45, 7) is 2.63. The summed E-state index contributed by atoms with van der Waals surface area (Å²) in [5.41, 5.74) is -0.168. The van der Waals surface area contributed by atoms with Crippen LogP contribution in [0.1, 0.15) is 23.2 Å². The maximum Gasteiger partial charge on any atom is 0.330 e. The molecule has 1 amide bonds. The van der Waals surface area contributed by atoms with E-state index in [0.29, 0.717) is 11.7 Å². The van der Waals surface area contributed by atoms with Crippen molar-refractivity contribution in [3.05, 3.63) is 51.6 Å². The molecule has 1 N–H and O–H groups in total. The summed E-state index contributed by atoms with van der Waals surface area (Å²) in [6, 6.07) is 4.45. The largest absolute Gasteiger partial charge is 0.495 e. The van der Waals surface area contributed by atoms with Crippen LogP contribution in [0.3, 0.4) is 0 Å². The molecular formula is C16H15ClN5O4. The quantitative estimate of drug-likeness (QED) is 0.630. The van der Waals surface area contributed by atoms with Crippen LogP contribution in [-0.2, 0) is 0 Å². The van der Waals surface area contributed by atoms with Crippen molar-refractivity contribution in [2.75, 3.05) is 23.9 Å². The van der Waals surface area contributed by atoms with Crippen LogP contribution in [0, 0.1) is 16.7 Å². The fourth-order valence-electron chi connectivity index (χ4n) is 2.50. The van der Waals surface area contributed by atoms with Crippen molar-refractivity contribution in [1.29, 1.82) is 0 Å². The lowest BCUT2D eigenvalue weighted by Crippen LogP contribution is -2.20. The van der Waals surface area contributed by atoms with Crippen LogP contribution >= 0.6 is 11.6 Å². The number of benzene rings is 1. The van der Waals surface area contributed by atoms with Crippen LogP contribution in [0.25, 0.3) is 0 Å². The summed E-state index contributed by atoms with van der Waals surface area (Å²) in [7, 11) is 1.46. The summed E-state index contributed by atoms with van der Waals surface area (Å²) in [5, 5.41) is 13.9. The van der Waals surface area contributed by atoms with Gasteiger partial charge in [-0.15, -0.1) is 0 Å². The number of rotatable bonds is 5. The van der Waals surface area contributed by atoms with E-state index in [-0.39, 0.29) is 22.1 Å². The van der Waals surface area contributed by atoms with Gasteiger partial charge in [-0.2, -0.15) is 4.98 Å². The molecule has 2 heterocycles. The van der Waals surface area contributed by atoms with Gasteiger partial charge in [0.25, 0.3) is 5.91 Å². The number of amides is 1. The minimum absolute atomic E-state index is 0.169. The van der Waals surface area contributed by atoms with Gasteiger partial charge >= 0.3 is 5.69 Å². The van der Waals surface area contributed by atoms with E-state index in [0.717, 1.165) is 25.6 Å². The monoisotopic (exact) mass is 376 g/mol. The van der Waals surface area contributed by atoms with E-state index >= 15 is 0 Å². The molecule has 1 fully saturated rings. The molecule has 9 nitrogen and oxygen atoms in total. The molecular weight excluding hydrogens is 362 g/mol. The third-order valence-corrected chi connectivity index (χ3v) is 4.10. The van der Waals surface area contributed by atoms with Crippen LogP contribution in [0.5, 0.6) is 5.75 Å². The van der Waals surface area contributed by atoms with Crippen LogP contribution < -0.4 is 15.0 Å². The Hall–Kier alpha value is -2.94. The van der Waals surface area contributed by atoms with Gasteiger partial charge < -0.3 is 15.0 Å². The predicted octanol–water partition coefficient (Wildman–Crippen LogP) is 3.06. The van der Waals surface area contributed by atoms with Crippen molar-refractivity contribution in [2.24, 2.45) is 0 Å². The molecule has 1 aromatic carbocycles. The highest BCUT2D eigenvalue weighted by atomic mass is 35.5. The Morgan fingerprint density at radius 1 is 1.46 bits per heavy atom. The fraction of sp³-hybridized carbons (Fsp3) is 0.250. The molecule has 1 aromatic heterocycles. The third kappa shape index (κ3) is 3.67. The highest BCUT2D eigenvalue weighted by Crippen LogP contribution is 2.28. The Kier molecular flexibility index (Phi) is 5.17. The summed E-state index contributed by atoms with van der Waals surface area (Å²) in [4.78, 5) is 33.0. The number of hydrogen-bond donors (Lipinski definition) is 1. The van der Waals surface area contributed by atoms with Crippen LogP contribution in [0.2, 0.25) is 5.02 Å². The molecule has 1 aliphatic rings. The molecule has 0 bridgehead atoms. The number of hydrogen-bond acceptors (Lipinski definition) is 7. The molecule has 1 radical (unpaired) electrons. The molecule has 1 saturated heterocycles. The Balaban J connectivity index is 1.89. The second-order valence-electron chi connectivity index (χ2n) is 5.48. The third-order valence-electron chi connectivity index (χ3n) is 3.81. The molecule has 3 rings (SSSR count). The lowest BCUT2D eigenvalue weighted by Gasteiger charge is -2.15. The van der Waals surface area contributed by atoms with Crippen LogP contribution in [0.15, 0.2) is 24.4 Å². The Bertz CT molecular complexity index is 855. The average Bonchev–Trinajstić information content (AvgIpc) is 3.16. The maximum absolute atomic E-state index is 12.5. The Morgan fingerprint density at radius 3 is 2.88 bits per heavy atom. The van der Waals surface area contributed by atoms with Crippen molar-refractivity contribution in [2.45, 2.75) is 12.8 Å². The first-order valence-corrected chi connectivity index (χ1v) is 8.13. The van der Waals surface area contributed by atoms with Crippen molar-refractivity contribution in [3.63, 3.8) is 0 Å². The van der Waals surface area contributed by atoms with E-state index < -0.39 is 10.8 Å². The van der Waals surface area contributed by atoms with Gasteiger partial charge in [0.15, 0.2) is 0 Å². The van der Waals surface area contributed by atoms with E-state index in [4.69, 9.17) is 16.3 Å². The van der Waals surface area contributed by atoms with Crippen LogP contribution in [0.4, 0.5) is 17.5 Å². The maximum atomic E-state index is 12.5. The molecule has 0 spiro atoms. The summed E-state index contributed by atoms with van der Waals surface area (Å²) in [6.07, 6.45) is 2.92. The number of carbonyl (C=O) groups is 1. The van der Waals surface area contributed by atoms with E-state index in [1.165, 1.54) is 25.3 Å². The zero-order valence-electron chi connectivity index (χ0n) is 13.8. The number of ether oxygens (including phenoxy) is 1. The average molecular weight is 377 g/mol. The van der Waals surface area contributed by atoms with E-state index in [2.05, 4.69) is 15.3 Å². The molecule has 135 valence electrons. The normalized spacial score (nSPS) is 13.5. The van der Waals surface area contributed by atoms with Gasteiger partial charge in [-0.3, -0.25) is 14.9 Å². The topological polar surface area (TPSA) is 110 Å². The molecule has 2 aromatic rings. The number of aromatic nitrogens is 2. The predicted molar refractivity (Wildman–Crippen MR) is 95.5 cm³/mol. The van der Waals surface area contributed by atoms with E-state index in [1.54, 1.807) is 4.90 Å². The van der Waals surface area contributed by atoms with Gasteiger partial charge in [0, 0.05) is 12.1 Å². The van der Waals surface area contributed by atoms with E-state index in [9.17, 15) is 14.9 Å². The number of halogens is 1. The second-order valence-corrected chi connectivity index (χ2v) is 5.89. The SMILES string of the molecule is COc1ccc(C(=O)Nc2nc(N3[CH]CCC3)ncc2[N+](=O)[O-])cc1Cl. The zero-order valence-corrected chi connectivity index (χ0v) is 14.6. The van der Waals surface area contributed by atoms with Gasteiger partial charge in [-0.1, -0.05) is 11.6 Å². The zero-order chi connectivity index (χ0) is 18.7. The number of methoxy groups -OCH3 is 1. The molecule has 0 unspecified atom stereocenters. The van der Waals surface area contributed by atoms with E-state index in [1.807, 2.05) is 6.54 Å². The minimum Gasteiger partial charge on any atom is -0.495 e. The lowest BCUT2D eigenvalue weighted by molar-refractivity contribution is -0.384. The molecule has 10 heteroatoms. The molecule has 0 aliphatic carbocycles. The number of carbonyl (C=O) groups excluding carboxylic acids is 1. The number of nitro groups is 1. The number of nitrogens with zero attached hydrogens (tertiary/aromatic N) is 4. The van der Waals surface area contributed by atoms with Gasteiger partial charge in [-0.25, -0.2) is 4.98 Å². The smallest absolute Gasteiger partial charge is 0.330 e. The molecule has 0 atom stereocenters. The van der Waals surface area contributed by atoms with Gasteiger partial charge in [0.05, 0.1) is 23.6 Å².